The average molecular weight is 288 g/mol. The van der Waals surface area contributed by atoms with E-state index in [1.165, 1.54) is 49.9 Å². The SMILES string of the molecule is Cc1cc(C2=C(c3cc(C)sc3C)CCC2)c(C)s1. The maximum absolute atomic E-state index is 2.38. The van der Waals surface area contributed by atoms with Crippen molar-refractivity contribution in [1.29, 1.82) is 0 Å². The monoisotopic (exact) mass is 288 g/mol. The standard InChI is InChI=1S/C17H20S2/c1-10-8-16(12(3)18-10)14-6-5-7-15(14)17-9-11(2)19-13(17)4/h8-9H,5-7H2,1-4H3. The summed E-state index contributed by atoms with van der Waals surface area (Å²) >= 11 is 3.86. The van der Waals surface area contributed by atoms with Crippen molar-refractivity contribution in [3.05, 3.63) is 42.8 Å². The third-order valence-electron chi connectivity index (χ3n) is 3.95. The van der Waals surface area contributed by atoms with Crippen LogP contribution in [0.3, 0.4) is 0 Å². The Balaban J connectivity index is 2.15. The van der Waals surface area contributed by atoms with E-state index in [-0.39, 0.29) is 0 Å². The molecule has 0 unspecified atom stereocenters. The minimum Gasteiger partial charge on any atom is -0.145 e. The Morgan fingerprint density at radius 3 is 1.47 bits per heavy atom. The molecule has 0 radical (unpaired) electrons. The molecule has 3 rings (SSSR count). The summed E-state index contributed by atoms with van der Waals surface area (Å²) < 4.78 is 0. The molecular formula is C17H20S2. The van der Waals surface area contributed by atoms with Crippen molar-refractivity contribution >= 4 is 33.8 Å². The molecule has 0 fully saturated rings. The lowest BCUT2D eigenvalue weighted by Gasteiger charge is -2.07. The van der Waals surface area contributed by atoms with Gasteiger partial charge in [-0.05, 0) is 81.4 Å². The summed E-state index contributed by atoms with van der Waals surface area (Å²) in [5.41, 5.74) is 6.25. The smallest absolute Gasteiger partial charge is 0.00922 e. The Hall–Kier alpha value is -0.860. The van der Waals surface area contributed by atoms with Gasteiger partial charge in [-0.15, -0.1) is 22.7 Å². The Morgan fingerprint density at radius 2 is 1.16 bits per heavy atom. The zero-order valence-corrected chi connectivity index (χ0v) is 13.7. The van der Waals surface area contributed by atoms with Gasteiger partial charge in [-0.2, -0.15) is 0 Å². The summed E-state index contributed by atoms with van der Waals surface area (Å²) in [6, 6.07) is 4.77. The van der Waals surface area contributed by atoms with Crippen molar-refractivity contribution < 1.29 is 0 Å². The molecule has 0 atom stereocenters. The summed E-state index contributed by atoms with van der Waals surface area (Å²) in [7, 11) is 0. The zero-order chi connectivity index (χ0) is 13.6. The van der Waals surface area contributed by atoms with Crippen molar-refractivity contribution in [3.8, 4) is 0 Å². The zero-order valence-electron chi connectivity index (χ0n) is 12.1. The van der Waals surface area contributed by atoms with Crippen LogP contribution in [0.5, 0.6) is 0 Å². The van der Waals surface area contributed by atoms with Gasteiger partial charge >= 0.3 is 0 Å². The van der Waals surface area contributed by atoms with E-state index in [2.05, 4.69) is 39.8 Å². The van der Waals surface area contributed by atoms with E-state index in [0.29, 0.717) is 0 Å². The van der Waals surface area contributed by atoms with Gasteiger partial charge in [-0.25, -0.2) is 0 Å². The Bertz CT molecular complexity index is 597. The van der Waals surface area contributed by atoms with E-state index in [1.54, 1.807) is 11.1 Å². The van der Waals surface area contributed by atoms with Gasteiger partial charge in [0.05, 0.1) is 0 Å². The highest BCUT2D eigenvalue weighted by Crippen LogP contribution is 2.44. The van der Waals surface area contributed by atoms with Crippen molar-refractivity contribution in [3.63, 3.8) is 0 Å². The molecule has 0 spiro atoms. The summed E-state index contributed by atoms with van der Waals surface area (Å²) in [6.45, 7) is 8.97. The molecule has 0 aliphatic heterocycles. The van der Waals surface area contributed by atoms with Crippen molar-refractivity contribution in [2.75, 3.05) is 0 Å². The molecular weight excluding hydrogens is 268 g/mol. The van der Waals surface area contributed by atoms with E-state index in [4.69, 9.17) is 0 Å². The molecule has 0 bridgehead atoms. The number of aryl methyl sites for hydroxylation is 4. The molecule has 0 nitrogen and oxygen atoms in total. The van der Waals surface area contributed by atoms with Crippen LogP contribution >= 0.6 is 22.7 Å². The van der Waals surface area contributed by atoms with Crippen LogP contribution in [0.25, 0.3) is 11.1 Å². The van der Waals surface area contributed by atoms with Crippen molar-refractivity contribution in [2.45, 2.75) is 47.0 Å². The summed E-state index contributed by atoms with van der Waals surface area (Å²) in [5, 5.41) is 0. The molecule has 2 heterocycles. The molecule has 100 valence electrons. The minimum atomic E-state index is 1.25. The summed E-state index contributed by atoms with van der Waals surface area (Å²) in [5.74, 6) is 0. The Morgan fingerprint density at radius 1 is 0.737 bits per heavy atom. The minimum absolute atomic E-state index is 1.25. The first-order chi connectivity index (χ1) is 9.06. The Kier molecular flexibility index (Phi) is 3.40. The average Bonchev–Trinajstić information content (AvgIpc) is 2.98. The van der Waals surface area contributed by atoms with Crippen LogP contribution in [0.2, 0.25) is 0 Å². The van der Waals surface area contributed by atoms with Gasteiger partial charge < -0.3 is 0 Å². The van der Waals surface area contributed by atoms with Crippen LogP contribution in [-0.4, -0.2) is 0 Å². The predicted octanol–water partition coefficient (Wildman–Crippen LogP) is 6.14. The second-order valence-corrected chi connectivity index (χ2v) is 8.39. The normalized spacial score (nSPS) is 15.6. The van der Waals surface area contributed by atoms with Gasteiger partial charge in [-0.3, -0.25) is 0 Å². The molecule has 0 aromatic carbocycles. The lowest BCUT2D eigenvalue weighted by atomic mass is 9.97. The van der Waals surface area contributed by atoms with E-state index in [1.807, 2.05) is 22.7 Å². The molecule has 0 saturated heterocycles. The third kappa shape index (κ3) is 2.32. The Labute approximate surface area is 123 Å². The fourth-order valence-corrected chi connectivity index (χ4v) is 5.10. The van der Waals surface area contributed by atoms with Gasteiger partial charge in [0, 0.05) is 19.5 Å². The van der Waals surface area contributed by atoms with Crippen molar-refractivity contribution in [2.24, 2.45) is 0 Å². The van der Waals surface area contributed by atoms with Crippen LogP contribution < -0.4 is 0 Å². The molecule has 0 saturated carbocycles. The molecule has 2 aromatic heterocycles. The van der Waals surface area contributed by atoms with Crippen molar-refractivity contribution in [1.82, 2.24) is 0 Å². The molecule has 2 aromatic rings. The molecule has 0 N–H and O–H groups in total. The van der Waals surface area contributed by atoms with Gasteiger partial charge in [0.25, 0.3) is 0 Å². The number of hydrogen-bond donors (Lipinski definition) is 0. The van der Waals surface area contributed by atoms with Crippen LogP contribution in [-0.2, 0) is 0 Å². The third-order valence-corrected chi connectivity index (χ3v) is 5.88. The van der Waals surface area contributed by atoms with E-state index in [9.17, 15) is 0 Å². The molecule has 1 aliphatic carbocycles. The number of allylic oxidation sites excluding steroid dienone is 2. The fraction of sp³-hybridized carbons (Fsp3) is 0.412. The number of thiophene rings is 2. The van der Waals surface area contributed by atoms with E-state index < -0.39 is 0 Å². The fourth-order valence-electron chi connectivity index (χ4n) is 3.20. The topological polar surface area (TPSA) is 0 Å². The van der Waals surface area contributed by atoms with E-state index in [0.717, 1.165) is 0 Å². The lowest BCUT2D eigenvalue weighted by Crippen LogP contribution is -1.86. The van der Waals surface area contributed by atoms with Crippen LogP contribution in [0.15, 0.2) is 12.1 Å². The first kappa shape index (κ1) is 13.1. The van der Waals surface area contributed by atoms with E-state index >= 15 is 0 Å². The molecule has 0 amide bonds. The lowest BCUT2D eigenvalue weighted by molar-refractivity contribution is 0.941. The number of rotatable bonds is 2. The maximum atomic E-state index is 2.38. The largest absolute Gasteiger partial charge is 0.145 e. The predicted molar refractivity (Wildman–Crippen MR) is 88.3 cm³/mol. The van der Waals surface area contributed by atoms with Crippen LogP contribution in [0.1, 0.15) is 49.9 Å². The molecule has 19 heavy (non-hydrogen) atoms. The second kappa shape index (κ2) is 4.92. The van der Waals surface area contributed by atoms with Crippen LogP contribution in [0, 0.1) is 27.7 Å². The van der Waals surface area contributed by atoms with Crippen LogP contribution in [0.4, 0.5) is 0 Å². The number of hydrogen-bond acceptors (Lipinski definition) is 2. The highest BCUT2D eigenvalue weighted by atomic mass is 32.1. The van der Waals surface area contributed by atoms with Gasteiger partial charge in [0.15, 0.2) is 0 Å². The first-order valence-corrected chi connectivity index (χ1v) is 8.56. The van der Waals surface area contributed by atoms with Gasteiger partial charge in [-0.1, -0.05) is 0 Å². The molecule has 2 heteroatoms. The first-order valence-electron chi connectivity index (χ1n) is 6.93. The van der Waals surface area contributed by atoms with Gasteiger partial charge in [0.1, 0.15) is 0 Å². The second-order valence-electron chi connectivity index (χ2n) is 5.46. The summed E-state index contributed by atoms with van der Waals surface area (Å²) in [6.07, 6.45) is 3.81. The highest BCUT2D eigenvalue weighted by Gasteiger charge is 2.21. The van der Waals surface area contributed by atoms with Gasteiger partial charge in [0.2, 0.25) is 0 Å². The quantitative estimate of drug-likeness (QED) is 0.623. The maximum Gasteiger partial charge on any atom is 0.00922 e. The summed E-state index contributed by atoms with van der Waals surface area (Å²) in [4.78, 5) is 5.84. The molecule has 1 aliphatic rings. The highest BCUT2D eigenvalue weighted by molar-refractivity contribution is 7.12.